The number of nitrogens with zero attached hydrogens (tertiary/aromatic N) is 1. The van der Waals surface area contributed by atoms with Crippen LogP contribution in [0.15, 0.2) is 47.4 Å². The van der Waals surface area contributed by atoms with Crippen LogP contribution in [0.3, 0.4) is 0 Å². The first-order valence-electron chi connectivity index (χ1n) is 15.4. The van der Waals surface area contributed by atoms with Gasteiger partial charge in [0.25, 0.3) is 0 Å². The molecule has 46 heavy (non-hydrogen) atoms. The van der Waals surface area contributed by atoms with Gasteiger partial charge in [-0.05, 0) is 72.6 Å². The number of hydrogen-bond donors (Lipinski definition) is 1. The molecule has 6 rings (SSSR count). The number of carbonyl (C=O) groups excluding carboxylic acids is 2. The smallest absolute Gasteiger partial charge is 0.331 e. The van der Waals surface area contributed by atoms with Gasteiger partial charge in [0.05, 0.1) is 33.3 Å². The summed E-state index contributed by atoms with van der Waals surface area (Å²) in [6.45, 7) is 1.64. The summed E-state index contributed by atoms with van der Waals surface area (Å²) in [6, 6.07) is 10.9. The molecule has 3 heterocycles. The number of ether oxygens (including phenoxy) is 5. The van der Waals surface area contributed by atoms with Crippen molar-refractivity contribution in [2.45, 2.75) is 42.4 Å². The molecule has 3 aromatic rings. The fraction of sp³-hybridized carbons (Fsp3) is 0.471. The minimum Gasteiger partial charge on any atom is -0.497 e. The van der Waals surface area contributed by atoms with Crippen molar-refractivity contribution < 1.29 is 41.7 Å². The van der Waals surface area contributed by atoms with E-state index in [2.05, 4.69) is 16.0 Å². The molecule has 2 aliphatic heterocycles. The van der Waals surface area contributed by atoms with Gasteiger partial charge in [-0.3, -0.25) is 9.69 Å². The Kier molecular flexibility index (Phi) is 8.88. The van der Waals surface area contributed by atoms with E-state index in [4.69, 9.17) is 23.7 Å². The number of sulfone groups is 1. The summed E-state index contributed by atoms with van der Waals surface area (Å²) in [5.41, 5.74) is 4.03. The summed E-state index contributed by atoms with van der Waals surface area (Å²) in [5, 5.41) is 1.20. The lowest BCUT2D eigenvalue weighted by molar-refractivity contribution is -0.187. The van der Waals surface area contributed by atoms with Crippen molar-refractivity contribution in [3.8, 4) is 11.5 Å². The van der Waals surface area contributed by atoms with Gasteiger partial charge in [-0.25, -0.2) is 13.2 Å². The highest BCUT2D eigenvalue weighted by atomic mass is 32.2. The molecule has 0 bridgehead atoms. The van der Waals surface area contributed by atoms with Crippen LogP contribution >= 0.6 is 0 Å². The molecule has 1 saturated heterocycles. The van der Waals surface area contributed by atoms with Gasteiger partial charge in [0.1, 0.15) is 28.6 Å². The molecule has 1 N–H and O–H groups in total. The number of H-pyrrole nitrogens is 1. The SMILES string of the molecule is COC(=O)[C@H]1[C@H]2C[C@@H]3c4[nH]c5cc(OC)ccc5c4CCN3C[C@H]2C[C@@H](OC(=O)/C=C/c2ccc(OC)c(S(C)(=O)=O)c2)[C@@H]1OC. The van der Waals surface area contributed by atoms with Gasteiger partial charge in [-0.2, -0.15) is 0 Å². The van der Waals surface area contributed by atoms with Crippen molar-refractivity contribution in [1.82, 2.24) is 9.88 Å². The van der Waals surface area contributed by atoms with Crippen LogP contribution in [0.4, 0.5) is 0 Å². The maximum atomic E-state index is 13.4. The first kappa shape index (κ1) is 32.1. The molecular weight excluding hydrogens is 612 g/mol. The predicted octanol–water partition coefficient (Wildman–Crippen LogP) is 3.96. The number of fused-ring (bicyclic) bond motifs is 6. The van der Waals surface area contributed by atoms with Crippen LogP contribution in [0.25, 0.3) is 17.0 Å². The van der Waals surface area contributed by atoms with E-state index in [-0.39, 0.29) is 34.5 Å². The Bertz CT molecular complexity index is 1780. The average molecular weight is 653 g/mol. The van der Waals surface area contributed by atoms with Gasteiger partial charge >= 0.3 is 11.9 Å². The van der Waals surface area contributed by atoms with E-state index in [1.165, 1.54) is 62.3 Å². The minimum absolute atomic E-state index is 0.0248. The van der Waals surface area contributed by atoms with E-state index < -0.39 is 33.9 Å². The monoisotopic (exact) mass is 652 g/mol. The lowest BCUT2D eigenvalue weighted by Gasteiger charge is -2.52. The Balaban J connectivity index is 1.23. The molecule has 1 saturated carbocycles. The quantitative estimate of drug-likeness (QED) is 0.282. The molecule has 1 aliphatic carbocycles. The van der Waals surface area contributed by atoms with Gasteiger partial charge in [0.15, 0.2) is 9.84 Å². The van der Waals surface area contributed by atoms with Crippen LogP contribution < -0.4 is 9.47 Å². The second kappa shape index (κ2) is 12.7. The first-order valence-corrected chi connectivity index (χ1v) is 17.2. The maximum absolute atomic E-state index is 13.4. The summed E-state index contributed by atoms with van der Waals surface area (Å²) < 4.78 is 52.2. The third-order valence-corrected chi connectivity index (χ3v) is 11.0. The Morgan fingerprint density at radius 3 is 2.52 bits per heavy atom. The normalized spacial score (nSPS) is 26.2. The molecule has 0 spiro atoms. The van der Waals surface area contributed by atoms with Crippen LogP contribution in [-0.4, -0.2) is 90.2 Å². The average Bonchev–Trinajstić information content (AvgIpc) is 3.43. The summed E-state index contributed by atoms with van der Waals surface area (Å²) in [6.07, 6.45) is 4.67. The highest BCUT2D eigenvalue weighted by molar-refractivity contribution is 7.90. The number of hydrogen-bond acceptors (Lipinski definition) is 10. The van der Waals surface area contributed by atoms with Crippen LogP contribution in [0.2, 0.25) is 0 Å². The van der Waals surface area contributed by atoms with Gasteiger partial charge < -0.3 is 28.7 Å². The molecular formula is C34H40N2O9S. The van der Waals surface area contributed by atoms with Crippen molar-refractivity contribution in [3.05, 3.63) is 59.3 Å². The van der Waals surface area contributed by atoms with Gasteiger partial charge in [0.2, 0.25) is 0 Å². The summed E-state index contributed by atoms with van der Waals surface area (Å²) in [5.74, 6) is -0.549. The number of carbonyl (C=O) groups is 2. The molecule has 3 aliphatic rings. The van der Waals surface area contributed by atoms with Gasteiger partial charge in [-0.1, -0.05) is 6.07 Å². The zero-order valence-electron chi connectivity index (χ0n) is 26.6. The minimum atomic E-state index is -3.55. The summed E-state index contributed by atoms with van der Waals surface area (Å²) in [7, 11) is 2.41. The molecule has 0 unspecified atom stereocenters. The molecule has 6 atom stereocenters. The Hall–Kier alpha value is -3.87. The fourth-order valence-electron chi connectivity index (χ4n) is 7.80. The lowest BCUT2D eigenvalue weighted by atomic mass is 9.63. The van der Waals surface area contributed by atoms with Crippen LogP contribution in [0, 0.1) is 17.8 Å². The predicted molar refractivity (Wildman–Crippen MR) is 170 cm³/mol. The van der Waals surface area contributed by atoms with E-state index in [1.807, 2.05) is 12.1 Å². The van der Waals surface area contributed by atoms with Crippen LogP contribution in [0.1, 0.15) is 35.7 Å². The fourth-order valence-corrected chi connectivity index (χ4v) is 8.66. The number of nitrogens with one attached hydrogen (secondary N) is 1. The van der Waals surface area contributed by atoms with E-state index in [0.29, 0.717) is 12.0 Å². The number of benzene rings is 2. The molecule has 2 aromatic carbocycles. The number of aromatic amines is 1. The molecule has 11 nitrogen and oxygen atoms in total. The second-order valence-corrected chi connectivity index (χ2v) is 14.3. The largest absolute Gasteiger partial charge is 0.497 e. The van der Waals surface area contributed by atoms with E-state index in [0.717, 1.165) is 43.5 Å². The van der Waals surface area contributed by atoms with E-state index in [9.17, 15) is 18.0 Å². The maximum Gasteiger partial charge on any atom is 0.331 e. The van der Waals surface area contributed by atoms with Crippen LogP contribution in [0.5, 0.6) is 11.5 Å². The standard InChI is InChI=1S/C34H40N2O9S/c1-41-21-8-9-22-23-12-13-36-18-20-15-28(45-30(37)11-7-19-6-10-27(42-2)29(14-19)46(5,39)40)33(43-3)31(34(38)44-4)24(20)17-26(36)32(23)35-25(22)16-21/h6-11,14,16,20,24,26,28,31,33,35H,12-13,15,17-18H2,1-5H3/b11-7+/t20-,24+,26-,28-,31+,33+/m1/s1. The first-order chi connectivity index (χ1) is 22.1. The highest BCUT2D eigenvalue weighted by Gasteiger charge is 2.54. The van der Waals surface area contributed by atoms with Gasteiger partial charge in [0, 0.05) is 55.2 Å². The second-order valence-electron chi connectivity index (χ2n) is 12.3. The van der Waals surface area contributed by atoms with E-state index in [1.54, 1.807) is 13.2 Å². The van der Waals surface area contributed by atoms with Crippen molar-refractivity contribution in [3.63, 3.8) is 0 Å². The van der Waals surface area contributed by atoms with Crippen molar-refractivity contribution >= 4 is 38.8 Å². The molecule has 246 valence electrons. The highest BCUT2D eigenvalue weighted by Crippen LogP contribution is 2.50. The number of piperidine rings is 1. The molecule has 0 amide bonds. The third-order valence-electron chi connectivity index (χ3n) is 9.87. The molecule has 2 fully saturated rings. The number of esters is 2. The molecule has 0 radical (unpaired) electrons. The lowest BCUT2D eigenvalue weighted by Crippen LogP contribution is -2.58. The summed E-state index contributed by atoms with van der Waals surface area (Å²) in [4.78, 5) is 32.6. The van der Waals surface area contributed by atoms with Crippen molar-refractivity contribution in [2.24, 2.45) is 17.8 Å². The Labute approximate surface area is 268 Å². The topological polar surface area (TPSA) is 133 Å². The summed E-state index contributed by atoms with van der Waals surface area (Å²) >= 11 is 0. The number of rotatable bonds is 8. The van der Waals surface area contributed by atoms with Gasteiger partial charge in [-0.15, -0.1) is 0 Å². The zero-order valence-corrected chi connectivity index (χ0v) is 27.5. The third kappa shape index (κ3) is 5.89. The molecule has 1 aromatic heterocycles. The Morgan fingerprint density at radius 2 is 1.83 bits per heavy atom. The zero-order chi connectivity index (χ0) is 32.7. The number of aromatic nitrogens is 1. The number of methoxy groups -OCH3 is 4. The van der Waals surface area contributed by atoms with E-state index >= 15 is 0 Å². The molecule has 12 heteroatoms. The Morgan fingerprint density at radius 1 is 1.02 bits per heavy atom. The van der Waals surface area contributed by atoms with Crippen molar-refractivity contribution in [2.75, 3.05) is 47.8 Å². The van der Waals surface area contributed by atoms with Crippen LogP contribution in [-0.2, 0) is 40.1 Å². The van der Waals surface area contributed by atoms with Crippen molar-refractivity contribution in [1.29, 1.82) is 0 Å².